The third kappa shape index (κ3) is 3.54. The van der Waals surface area contributed by atoms with Gasteiger partial charge in [-0.1, -0.05) is 54.6 Å². The van der Waals surface area contributed by atoms with Crippen molar-refractivity contribution in [3.63, 3.8) is 0 Å². The van der Waals surface area contributed by atoms with Gasteiger partial charge in [-0.3, -0.25) is 0 Å². The second kappa shape index (κ2) is 7.95. The fourth-order valence-electron chi connectivity index (χ4n) is 4.46. The SMILES string of the molecule is Fc1ccc2c(c1)c1cc(-c3ccc(Nc4ccccc4)cc3)ccc1n2-c1ccccc1. The number of anilines is 2. The van der Waals surface area contributed by atoms with E-state index < -0.39 is 0 Å². The molecule has 0 aliphatic heterocycles. The minimum Gasteiger partial charge on any atom is -0.356 e. The molecular weight excluding hydrogens is 407 g/mol. The lowest BCUT2D eigenvalue weighted by Crippen LogP contribution is -1.93. The monoisotopic (exact) mass is 428 g/mol. The Balaban J connectivity index is 1.45. The highest BCUT2D eigenvalue weighted by atomic mass is 19.1. The summed E-state index contributed by atoms with van der Waals surface area (Å²) in [5.74, 6) is -0.226. The molecule has 0 atom stereocenters. The van der Waals surface area contributed by atoms with E-state index in [4.69, 9.17) is 0 Å². The van der Waals surface area contributed by atoms with E-state index in [1.807, 2.05) is 54.6 Å². The molecule has 3 heteroatoms. The Bertz CT molecular complexity index is 1570. The molecule has 0 fully saturated rings. The van der Waals surface area contributed by atoms with E-state index in [9.17, 15) is 4.39 Å². The summed E-state index contributed by atoms with van der Waals surface area (Å²) in [7, 11) is 0. The number of aromatic nitrogens is 1. The number of rotatable bonds is 4. The number of hydrogen-bond acceptors (Lipinski definition) is 1. The van der Waals surface area contributed by atoms with Crippen LogP contribution in [0.4, 0.5) is 15.8 Å². The summed E-state index contributed by atoms with van der Waals surface area (Å²) in [6, 6.07) is 40.2. The maximum absolute atomic E-state index is 14.2. The highest BCUT2D eigenvalue weighted by Gasteiger charge is 2.14. The number of benzene rings is 5. The van der Waals surface area contributed by atoms with Crippen LogP contribution in [0.2, 0.25) is 0 Å². The summed E-state index contributed by atoms with van der Waals surface area (Å²) in [5, 5.41) is 5.37. The zero-order chi connectivity index (χ0) is 22.2. The number of fused-ring (bicyclic) bond motifs is 3. The van der Waals surface area contributed by atoms with Gasteiger partial charge in [0.1, 0.15) is 5.82 Å². The van der Waals surface area contributed by atoms with Crippen LogP contribution in [0.3, 0.4) is 0 Å². The van der Waals surface area contributed by atoms with Crippen molar-refractivity contribution < 1.29 is 4.39 Å². The summed E-state index contributed by atoms with van der Waals surface area (Å²) in [4.78, 5) is 0. The van der Waals surface area contributed by atoms with Crippen molar-refractivity contribution in [1.82, 2.24) is 4.57 Å². The highest BCUT2D eigenvalue weighted by Crippen LogP contribution is 2.35. The van der Waals surface area contributed by atoms with Gasteiger partial charge in [-0.25, -0.2) is 4.39 Å². The first-order valence-corrected chi connectivity index (χ1v) is 11.0. The van der Waals surface area contributed by atoms with Crippen LogP contribution in [-0.2, 0) is 0 Å². The van der Waals surface area contributed by atoms with Gasteiger partial charge in [0, 0.05) is 27.8 Å². The molecule has 0 aliphatic carbocycles. The first-order chi connectivity index (χ1) is 16.3. The van der Waals surface area contributed by atoms with E-state index in [2.05, 4.69) is 64.5 Å². The number of para-hydroxylation sites is 2. The second-order valence-electron chi connectivity index (χ2n) is 8.13. The van der Waals surface area contributed by atoms with Crippen molar-refractivity contribution >= 4 is 33.2 Å². The molecule has 33 heavy (non-hydrogen) atoms. The average molecular weight is 429 g/mol. The van der Waals surface area contributed by atoms with Crippen LogP contribution >= 0.6 is 0 Å². The van der Waals surface area contributed by atoms with Gasteiger partial charge in [-0.2, -0.15) is 0 Å². The van der Waals surface area contributed by atoms with E-state index in [-0.39, 0.29) is 5.82 Å². The molecule has 1 N–H and O–H groups in total. The Morgan fingerprint density at radius 2 is 1.09 bits per heavy atom. The fourth-order valence-corrected chi connectivity index (χ4v) is 4.46. The maximum Gasteiger partial charge on any atom is 0.123 e. The summed E-state index contributed by atoms with van der Waals surface area (Å²) in [5.41, 5.74) is 7.44. The largest absolute Gasteiger partial charge is 0.356 e. The lowest BCUT2D eigenvalue weighted by Gasteiger charge is -2.09. The Hall–Kier alpha value is -4.37. The van der Waals surface area contributed by atoms with E-state index in [1.165, 1.54) is 6.07 Å². The number of hydrogen-bond donors (Lipinski definition) is 1. The Morgan fingerprint density at radius 3 is 1.82 bits per heavy atom. The summed E-state index contributed by atoms with van der Waals surface area (Å²) >= 11 is 0. The first-order valence-electron chi connectivity index (χ1n) is 11.0. The standard InChI is InChI=1S/C30H21FN2/c31-23-14-18-30-28(20-23)27-19-22(13-17-29(27)33(30)26-9-5-2-6-10-26)21-11-15-25(16-12-21)32-24-7-3-1-4-8-24/h1-20,32H. The summed E-state index contributed by atoms with van der Waals surface area (Å²) in [6.07, 6.45) is 0. The van der Waals surface area contributed by atoms with Gasteiger partial charge < -0.3 is 9.88 Å². The molecule has 5 aromatic carbocycles. The minimum absolute atomic E-state index is 0.226. The molecule has 2 nitrogen and oxygen atoms in total. The molecule has 0 aliphatic rings. The molecule has 1 heterocycles. The zero-order valence-corrected chi connectivity index (χ0v) is 17.9. The van der Waals surface area contributed by atoms with Gasteiger partial charge >= 0.3 is 0 Å². The van der Waals surface area contributed by atoms with Crippen LogP contribution in [0.15, 0.2) is 121 Å². The normalized spacial score (nSPS) is 11.2. The molecule has 6 aromatic rings. The van der Waals surface area contributed by atoms with Crippen LogP contribution < -0.4 is 5.32 Å². The smallest absolute Gasteiger partial charge is 0.123 e. The zero-order valence-electron chi connectivity index (χ0n) is 17.9. The van der Waals surface area contributed by atoms with Crippen LogP contribution in [0.25, 0.3) is 38.6 Å². The predicted octanol–water partition coefficient (Wildman–Crippen LogP) is 8.33. The predicted molar refractivity (Wildman–Crippen MR) is 136 cm³/mol. The van der Waals surface area contributed by atoms with Crippen molar-refractivity contribution in [3.8, 4) is 16.8 Å². The molecule has 0 spiro atoms. The van der Waals surface area contributed by atoms with Crippen molar-refractivity contribution in [3.05, 3.63) is 127 Å². The lowest BCUT2D eigenvalue weighted by atomic mass is 10.0. The summed E-state index contributed by atoms with van der Waals surface area (Å²) < 4.78 is 16.4. The fraction of sp³-hybridized carbons (Fsp3) is 0. The molecule has 1 aromatic heterocycles. The van der Waals surface area contributed by atoms with E-state index in [0.29, 0.717) is 0 Å². The molecular formula is C30H21FN2. The maximum atomic E-state index is 14.2. The topological polar surface area (TPSA) is 17.0 Å². The van der Waals surface area contributed by atoms with E-state index in [0.717, 1.165) is 50.0 Å². The second-order valence-corrected chi connectivity index (χ2v) is 8.13. The molecule has 0 radical (unpaired) electrons. The van der Waals surface area contributed by atoms with Crippen molar-refractivity contribution in [2.75, 3.05) is 5.32 Å². The Labute approximate surface area is 191 Å². The first kappa shape index (κ1) is 19.3. The molecule has 0 saturated heterocycles. The lowest BCUT2D eigenvalue weighted by molar-refractivity contribution is 0.629. The van der Waals surface area contributed by atoms with Gasteiger partial charge in [0.2, 0.25) is 0 Å². The van der Waals surface area contributed by atoms with Crippen LogP contribution in [0, 0.1) is 5.82 Å². The van der Waals surface area contributed by atoms with Crippen LogP contribution in [0.1, 0.15) is 0 Å². The number of nitrogens with one attached hydrogen (secondary N) is 1. The molecule has 0 bridgehead atoms. The highest BCUT2D eigenvalue weighted by molar-refractivity contribution is 6.10. The van der Waals surface area contributed by atoms with E-state index >= 15 is 0 Å². The van der Waals surface area contributed by atoms with Crippen molar-refractivity contribution in [1.29, 1.82) is 0 Å². The van der Waals surface area contributed by atoms with Crippen molar-refractivity contribution in [2.24, 2.45) is 0 Å². The molecule has 6 rings (SSSR count). The third-order valence-electron chi connectivity index (χ3n) is 6.02. The van der Waals surface area contributed by atoms with E-state index in [1.54, 1.807) is 6.07 Å². The van der Waals surface area contributed by atoms with Gasteiger partial charge in [-0.15, -0.1) is 0 Å². The van der Waals surface area contributed by atoms with Gasteiger partial charge in [0.25, 0.3) is 0 Å². The molecule has 0 unspecified atom stereocenters. The van der Waals surface area contributed by atoms with Crippen molar-refractivity contribution in [2.45, 2.75) is 0 Å². The Kier molecular flexibility index (Phi) is 4.66. The van der Waals surface area contributed by atoms with Crippen LogP contribution in [0.5, 0.6) is 0 Å². The molecule has 0 amide bonds. The van der Waals surface area contributed by atoms with Gasteiger partial charge in [-0.05, 0) is 77.9 Å². The average Bonchev–Trinajstić information content (AvgIpc) is 3.18. The minimum atomic E-state index is -0.226. The Morgan fingerprint density at radius 1 is 0.515 bits per heavy atom. The number of nitrogens with zero attached hydrogens (tertiary/aromatic N) is 1. The van der Waals surface area contributed by atoms with Gasteiger partial charge in [0.15, 0.2) is 0 Å². The van der Waals surface area contributed by atoms with Gasteiger partial charge in [0.05, 0.1) is 11.0 Å². The summed E-state index contributed by atoms with van der Waals surface area (Å²) in [6.45, 7) is 0. The quantitative estimate of drug-likeness (QED) is 0.299. The number of halogens is 1. The molecule has 158 valence electrons. The van der Waals surface area contributed by atoms with Crippen LogP contribution in [-0.4, -0.2) is 4.57 Å². The third-order valence-corrected chi connectivity index (χ3v) is 6.02. The molecule has 0 saturated carbocycles.